The Labute approximate surface area is 112 Å². The first kappa shape index (κ1) is 14.2. The zero-order valence-electron chi connectivity index (χ0n) is 10.9. The van der Waals surface area contributed by atoms with Crippen molar-refractivity contribution < 1.29 is 13.2 Å². The van der Waals surface area contributed by atoms with Crippen LogP contribution in [0.1, 0.15) is 13.8 Å². The first-order valence-corrected chi connectivity index (χ1v) is 7.46. The fraction of sp³-hybridized carbons (Fsp3) is 0.545. The van der Waals surface area contributed by atoms with E-state index in [9.17, 15) is 8.42 Å². The highest BCUT2D eigenvalue weighted by molar-refractivity contribution is 7.89. The topological polar surface area (TPSA) is 97.6 Å². The highest BCUT2D eigenvalue weighted by Crippen LogP contribution is 2.25. The molecule has 0 aromatic carbocycles. The molecule has 7 nitrogen and oxygen atoms in total. The molecule has 8 heteroatoms. The molecule has 0 spiro atoms. The lowest BCUT2D eigenvalue weighted by Crippen LogP contribution is -2.50. The number of hydrogen-bond donors (Lipinski definition) is 2. The lowest BCUT2D eigenvalue weighted by molar-refractivity contribution is -0.0171. The quantitative estimate of drug-likeness (QED) is 0.607. The van der Waals surface area contributed by atoms with E-state index in [2.05, 4.69) is 10.4 Å². The zero-order valence-corrected chi connectivity index (χ0v) is 11.7. The van der Waals surface area contributed by atoms with Gasteiger partial charge in [0.1, 0.15) is 0 Å². The summed E-state index contributed by atoms with van der Waals surface area (Å²) in [5.41, 5.74) is 2.65. The van der Waals surface area contributed by atoms with Crippen LogP contribution >= 0.6 is 0 Å². The summed E-state index contributed by atoms with van der Waals surface area (Å²) in [5, 5.41) is -0.0570. The molecule has 1 fully saturated rings. The molecule has 0 saturated carbocycles. The average Bonchev–Trinajstić information content (AvgIpc) is 2.41. The van der Waals surface area contributed by atoms with E-state index in [1.54, 1.807) is 12.1 Å². The number of hydrazine groups is 1. The fourth-order valence-corrected chi connectivity index (χ4v) is 3.79. The normalized spacial score (nSPS) is 25.2. The number of nitrogens with one attached hydrogen (secondary N) is 1. The zero-order chi connectivity index (χ0) is 14.0. The summed E-state index contributed by atoms with van der Waals surface area (Å²) >= 11 is 0. The minimum atomic E-state index is -3.69. The van der Waals surface area contributed by atoms with Gasteiger partial charge in [0.25, 0.3) is 10.0 Å². The van der Waals surface area contributed by atoms with Crippen LogP contribution in [0.4, 0.5) is 5.69 Å². The second-order valence-electron chi connectivity index (χ2n) is 4.57. The van der Waals surface area contributed by atoms with E-state index in [1.807, 2.05) is 13.8 Å². The summed E-state index contributed by atoms with van der Waals surface area (Å²) < 4.78 is 32.1. The Morgan fingerprint density at radius 1 is 1.53 bits per heavy atom. The van der Waals surface area contributed by atoms with Gasteiger partial charge in [-0.05, 0) is 26.0 Å². The van der Waals surface area contributed by atoms with Crippen LogP contribution in [0.25, 0.3) is 0 Å². The summed E-state index contributed by atoms with van der Waals surface area (Å²) in [6, 6.07) is 2.97. The van der Waals surface area contributed by atoms with Gasteiger partial charge in [-0.1, -0.05) is 0 Å². The number of hydrogen-bond acceptors (Lipinski definition) is 6. The largest absolute Gasteiger partial charge is 0.375 e. The van der Waals surface area contributed by atoms with Crippen LogP contribution in [-0.2, 0) is 14.8 Å². The lowest BCUT2D eigenvalue weighted by atomic mass is 10.2. The van der Waals surface area contributed by atoms with E-state index in [1.165, 1.54) is 10.5 Å². The van der Waals surface area contributed by atoms with Crippen LogP contribution in [0.15, 0.2) is 23.4 Å². The molecule has 2 rings (SSSR count). The third kappa shape index (κ3) is 2.71. The Balaban J connectivity index is 2.41. The molecule has 106 valence electrons. The predicted molar refractivity (Wildman–Crippen MR) is 70.8 cm³/mol. The molecule has 0 aliphatic carbocycles. The maximum absolute atomic E-state index is 12.6. The van der Waals surface area contributed by atoms with E-state index >= 15 is 0 Å². The Kier molecular flexibility index (Phi) is 4.04. The van der Waals surface area contributed by atoms with Crippen molar-refractivity contribution in [2.75, 3.05) is 18.6 Å². The molecular formula is C11H18N4O3S. The van der Waals surface area contributed by atoms with Crippen molar-refractivity contribution in [2.24, 2.45) is 5.84 Å². The van der Waals surface area contributed by atoms with Crippen LogP contribution in [0, 0.1) is 0 Å². The second-order valence-corrected chi connectivity index (χ2v) is 6.37. The molecule has 1 aromatic heterocycles. The molecule has 2 unspecified atom stereocenters. The number of pyridine rings is 1. The minimum absolute atomic E-state index is 0.0570. The Bertz CT molecular complexity index is 549. The smallest absolute Gasteiger partial charge is 0.263 e. The van der Waals surface area contributed by atoms with Crippen LogP contribution in [0.2, 0.25) is 0 Å². The van der Waals surface area contributed by atoms with E-state index < -0.39 is 10.0 Å². The highest BCUT2D eigenvalue weighted by Gasteiger charge is 2.36. The van der Waals surface area contributed by atoms with Crippen molar-refractivity contribution in [3.63, 3.8) is 0 Å². The lowest BCUT2D eigenvalue weighted by Gasteiger charge is -2.35. The Morgan fingerprint density at radius 3 is 2.95 bits per heavy atom. The maximum Gasteiger partial charge on any atom is 0.263 e. The summed E-state index contributed by atoms with van der Waals surface area (Å²) in [6.07, 6.45) is 1.30. The molecule has 0 amide bonds. The Hall–Kier alpha value is -1.22. The third-order valence-electron chi connectivity index (χ3n) is 3.03. The minimum Gasteiger partial charge on any atom is -0.375 e. The van der Waals surface area contributed by atoms with Gasteiger partial charge in [-0.2, -0.15) is 4.31 Å². The molecule has 3 N–H and O–H groups in total. The number of morpholine rings is 1. The number of nitrogens with zero attached hydrogens (tertiary/aromatic N) is 2. The number of rotatable bonds is 3. The molecule has 1 aromatic rings. The number of nitrogens with two attached hydrogens (primary N) is 1. The van der Waals surface area contributed by atoms with Gasteiger partial charge in [0.2, 0.25) is 0 Å². The van der Waals surface area contributed by atoms with E-state index in [4.69, 9.17) is 10.6 Å². The monoisotopic (exact) mass is 286 g/mol. The summed E-state index contributed by atoms with van der Waals surface area (Å²) in [6.45, 7) is 4.33. The first-order chi connectivity index (χ1) is 8.96. The molecule has 0 bridgehead atoms. The van der Waals surface area contributed by atoms with Crippen molar-refractivity contribution in [1.29, 1.82) is 0 Å². The third-order valence-corrected chi connectivity index (χ3v) is 4.97. The summed E-state index contributed by atoms with van der Waals surface area (Å²) in [5.74, 6) is 5.34. The van der Waals surface area contributed by atoms with Gasteiger partial charge < -0.3 is 10.2 Å². The van der Waals surface area contributed by atoms with Crippen LogP contribution in [0.5, 0.6) is 0 Å². The van der Waals surface area contributed by atoms with Crippen molar-refractivity contribution in [1.82, 2.24) is 9.29 Å². The maximum atomic E-state index is 12.6. The van der Waals surface area contributed by atoms with Crippen molar-refractivity contribution in [2.45, 2.75) is 31.0 Å². The molecule has 2 heterocycles. The summed E-state index contributed by atoms with van der Waals surface area (Å²) in [7, 11) is -3.69. The number of nitrogen functional groups attached to an aromatic ring is 1. The SMILES string of the molecule is CC1CN(S(=O)(=O)c2ncccc2NN)C(C)CO1. The van der Waals surface area contributed by atoms with Crippen molar-refractivity contribution in [3.8, 4) is 0 Å². The Morgan fingerprint density at radius 2 is 2.26 bits per heavy atom. The van der Waals surface area contributed by atoms with Gasteiger partial charge in [0, 0.05) is 18.8 Å². The fourth-order valence-electron chi connectivity index (χ4n) is 2.03. The van der Waals surface area contributed by atoms with Crippen LogP contribution in [-0.4, -0.2) is 43.0 Å². The number of aromatic nitrogens is 1. The number of sulfonamides is 1. The standard InChI is InChI=1S/C11H18N4O3S/c1-8-7-18-9(2)6-15(8)19(16,17)11-10(14-12)4-3-5-13-11/h3-5,8-9,14H,6-7,12H2,1-2H3. The van der Waals surface area contributed by atoms with Gasteiger partial charge in [-0.25, -0.2) is 13.4 Å². The molecule has 1 aliphatic rings. The highest BCUT2D eigenvalue weighted by atomic mass is 32.2. The van der Waals surface area contributed by atoms with Crippen LogP contribution in [0.3, 0.4) is 0 Å². The van der Waals surface area contributed by atoms with Gasteiger partial charge >= 0.3 is 0 Å². The molecule has 2 atom stereocenters. The van der Waals surface area contributed by atoms with Gasteiger partial charge in [0.15, 0.2) is 5.03 Å². The molecular weight excluding hydrogens is 268 g/mol. The number of anilines is 1. The molecule has 19 heavy (non-hydrogen) atoms. The van der Waals surface area contributed by atoms with Gasteiger partial charge in [-0.3, -0.25) is 5.84 Å². The van der Waals surface area contributed by atoms with E-state index in [-0.39, 0.29) is 22.9 Å². The summed E-state index contributed by atoms with van der Waals surface area (Å²) in [4.78, 5) is 3.94. The molecule has 1 aliphatic heterocycles. The molecule has 0 radical (unpaired) electrons. The van der Waals surface area contributed by atoms with E-state index in [0.717, 1.165) is 0 Å². The van der Waals surface area contributed by atoms with Gasteiger partial charge in [0.05, 0.1) is 18.4 Å². The average molecular weight is 286 g/mol. The first-order valence-electron chi connectivity index (χ1n) is 6.02. The van der Waals surface area contributed by atoms with Gasteiger partial charge in [-0.15, -0.1) is 0 Å². The number of ether oxygens (including phenoxy) is 1. The molecule has 1 saturated heterocycles. The van der Waals surface area contributed by atoms with Crippen molar-refractivity contribution >= 4 is 15.7 Å². The predicted octanol–water partition coefficient (Wildman–Crippen LogP) is 0.165. The van der Waals surface area contributed by atoms with E-state index in [0.29, 0.717) is 13.2 Å². The van der Waals surface area contributed by atoms with Crippen molar-refractivity contribution in [3.05, 3.63) is 18.3 Å². The second kappa shape index (κ2) is 5.41. The van der Waals surface area contributed by atoms with Crippen LogP contribution < -0.4 is 11.3 Å².